The zero-order valence-electron chi connectivity index (χ0n) is 22.9. The normalized spacial score (nSPS) is 15.1. The Morgan fingerprint density at radius 3 is 1.39 bits per heavy atom. The van der Waals surface area contributed by atoms with E-state index in [2.05, 4.69) is 4.74 Å². The molecule has 0 bridgehead atoms. The molecule has 0 aromatic rings. The Morgan fingerprint density at radius 1 is 0.659 bits per heavy atom. The summed E-state index contributed by atoms with van der Waals surface area (Å²) in [5, 5.41) is 51.6. The van der Waals surface area contributed by atoms with E-state index in [1.165, 1.54) is 0 Å². The van der Waals surface area contributed by atoms with Crippen molar-refractivity contribution in [2.24, 2.45) is 0 Å². The van der Waals surface area contributed by atoms with Gasteiger partial charge in [0.15, 0.2) is 24.6 Å². The van der Waals surface area contributed by atoms with Crippen LogP contribution >= 0.6 is 0 Å². The summed E-state index contributed by atoms with van der Waals surface area (Å²) in [6, 6.07) is 0. The summed E-state index contributed by atoms with van der Waals surface area (Å²) >= 11 is 0. The maximum atomic E-state index is 11.6. The molecule has 0 aliphatic rings. The predicted molar refractivity (Wildman–Crippen MR) is 120 cm³/mol. The van der Waals surface area contributed by atoms with Crippen molar-refractivity contribution >= 4 is 42.1 Å². The van der Waals surface area contributed by atoms with Gasteiger partial charge in [-0.15, -0.1) is 0 Å². The number of carbonyl (C=O) groups excluding carboxylic acids is 6. The smallest absolute Gasteiger partial charge is 0.870 e. The van der Waals surface area contributed by atoms with Gasteiger partial charge >= 0.3 is 65.4 Å². The Morgan fingerprint density at radius 2 is 1.07 bits per heavy atom. The van der Waals surface area contributed by atoms with Gasteiger partial charge in [-0.1, -0.05) is 0 Å². The van der Waals surface area contributed by atoms with Gasteiger partial charge in [-0.25, -0.2) is 11.1 Å². The van der Waals surface area contributed by atoms with Crippen molar-refractivity contribution in [1.29, 1.82) is 0 Å². The second-order valence-electron chi connectivity index (χ2n) is 7.42. The summed E-state index contributed by atoms with van der Waals surface area (Å²) in [4.78, 5) is 78.0. The molecule has 0 rings (SSSR count). The van der Waals surface area contributed by atoms with E-state index >= 15 is 0 Å². The molecule has 0 amide bonds. The van der Waals surface area contributed by atoms with Crippen LogP contribution in [0.25, 0.3) is 0 Å². The Labute approximate surface area is 254 Å². The minimum atomic E-state index is -2.20. The molecule has 7 N–H and O–H groups in total. The van der Waals surface area contributed by atoms with Crippen molar-refractivity contribution in [3.63, 3.8) is 0 Å². The van der Waals surface area contributed by atoms with Crippen LogP contribution in [0.2, 0.25) is 0 Å². The maximum absolute atomic E-state index is 11.6. The maximum Gasteiger partial charge on any atom is 1.00 e. The molecular formula is C21H32NaO19-. The SMILES string of the molecule is CC(=O)OC[C@@H](OC(C)=O)[C@@H](OC(C)=O)[C@H](OC(C)=O)[C@@H](OC(C)=O)C(=O)O.O=[C-][C@H](O)[C@@H](O)[C@H](O)C(O)O.[Na+].[OH-]. The molecule has 41 heavy (non-hydrogen) atoms. The van der Waals surface area contributed by atoms with Gasteiger partial charge in [-0.05, 0) is 6.10 Å². The van der Waals surface area contributed by atoms with E-state index in [1.54, 1.807) is 0 Å². The number of aliphatic carboxylic acids is 1. The van der Waals surface area contributed by atoms with Crippen LogP contribution in [0.15, 0.2) is 0 Å². The number of hydrogen-bond donors (Lipinski definition) is 6. The van der Waals surface area contributed by atoms with E-state index in [-0.39, 0.29) is 35.0 Å². The molecule has 0 aromatic heterocycles. The first-order valence-electron chi connectivity index (χ1n) is 10.7. The molecular weight excluding hydrogens is 579 g/mol. The van der Waals surface area contributed by atoms with Gasteiger partial charge in [0.1, 0.15) is 12.7 Å². The average Bonchev–Trinajstić information content (AvgIpc) is 2.80. The molecule has 0 saturated carbocycles. The third kappa shape index (κ3) is 19.9. The summed E-state index contributed by atoms with van der Waals surface area (Å²) in [5.41, 5.74) is 0. The summed E-state index contributed by atoms with van der Waals surface area (Å²) in [7, 11) is 0. The fraction of sp³-hybridized carbons (Fsp3) is 0.667. The number of ether oxygens (including phenoxy) is 5. The van der Waals surface area contributed by atoms with E-state index < -0.39 is 91.4 Å². The number of aliphatic hydroxyl groups excluding tert-OH is 4. The molecule has 0 fully saturated rings. The Balaban J connectivity index is -0.000000446. The van der Waals surface area contributed by atoms with E-state index in [1.807, 2.05) is 0 Å². The number of hydrogen-bond acceptors (Lipinski definition) is 18. The van der Waals surface area contributed by atoms with Crippen molar-refractivity contribution in [2.75, 3.05) is 6.61 Å². The van der Waals surface area contributed by atoms with Crippen LogP contribution in [0.3, 0.4) is 0 Å². The summed E-state index contributed by atoms with van der Waals surface area (Å²) in [6.07, 6.45) is -14.4. The van der Waals surface area contributed by atoms with Crippen molar-refractivity contribution < 1.29 is 123 Å². The fourth-order valence-electron chi connectivity index (χ4n) is 2.52. The number of esters is 5. The van der Waals surface area contributed by atoms with Crippen molar-refractivity contribution in [3.8, 4) is 0 Å². The third-order valence-corrected chi connectivity index (χ3v) is 4.00. The van der Waals surface area contributed by atoms with Crippen LogP contribution in [-0.4, -0.2) is 134 Å². The number of carbonyl (C=O) groups is 6. The van der Waals surface area contributed by atoms with Crippen LogP contribution in [0.4, 0.5) is 0 Å². The van der Waals surface area contributed by atoms with Gasteiger partial charge in [0.2, 0.25) is 6.10 Å². The van der Waals surface area contributed by atoms with Crippen LogP contribution in [0.1, 0.15) is 34.6 Å². The fourth-order valence-corrected chi connectivity index (χ4v) is 2.52. The Kier molecular flexibility index (Phi) is 25.3. The van der Waals surface area contributed by atoms with Gasteiger partial charge in [0.05, 0.1) is 6.10 Å². The Hall–Kier alpha value is -2.75. The van der Waals surface area contributed by atoms with E-state index in [4.69, 9.17) is 44.5 Å². The molecule has 0 saturated heterocycles. The first kappa shape index (κ1) is 45.2. The summed E-state index contributed by atoms with van der Waals surface area (Å²) < 4.78 is 24.2. The number of rotatable bonds is 14. The number of carboxylic acid groups (broad SMARTS) is 1. The molecule has 0 heterocycles. The van der Waals surface area contributed by atoms with Crippen molar-refractivity contribution in [3.05, 3.63) is 0 Å². The monoisotopic (exact) mass is 611 g/mol. The second-order valence-corrected chi connectivity index (χ2v) is 7.42. The first-order chi connectivity index (χ1) is 17.8. The largest absolute Gasteiger partial charge is 1.00 e. The van der Waals surface area contributed by atoms with Gasteiger partial charge in [0, 0.05) is 34.6 Å². The second kappa shape index (κ2) is 22.9. The first-order valence-corrected chi connectivity index (χ1v) is 10.7. The molecule has 0 radical (unpaired) electrons. The van der Waals surface area contributed by atoms with E-state index in [0.29, 0.717) is 0 Å². The molecule has 0 aromatic carbocycles. The van der Waals surface area contributed by atoms with Gasteiger partial charge in [-0.3, -0.25) is 24.0 Å². The zero-order valence-corrected chi connectivity index (χ0v) is 24.9. The number of aliphatic hydroxyl groups is 5. The minimum Gasteiger partial charge on any atom is -0.870 e. The summed E-state index contributed by atoms with van der Waals surface area (Å²) in [6.45, 7) is 4.18. The molecule has 0 aliphatic heterocycles. The van der Waals surface area contributed by atoms with Crippen LogP contribution in [0, 0.1) is 0 Å². The molecule has 232 valence electrons. The van der Waals surface area contributed by atoms with Gasteiger partial charge < -0.3 is 64.6 Å². The molecule has 0 aliphatic carbocycles. The molecule has 20 heteroatoms. The van der Waals surface area contributed by atoms with Crippen LogP contribution < -0.4 is 29.6 Å². The van der Waals surface area contributed by atoms with E-state index in [9.17, 15) is 38.7 Å². The van der Waals surface area contributed by atoms with E-state index in [0.717, 1.165) is 40.9 Å². The van der Waals surface area contributed by atoms with Gasteiger partial charge in [0.25, 0.3) is 0 Å². The Bertz CT molecular complexity index is 862. The van der Waals surface area contributed by atoms with Crippen LogP contribution in [-0.2, 0) is 57.2 Å². The van der Waals surface area contributed by atoms with Crippen molar-refractivity contribution in [1.82, 2.24) is 0 Å². The molecule has 0 spiro atoms. The van der Waals surface area contributed by atoms with Gasteiger partial charge in [-0.2, -0.15) is 0 Å². The standard InChI is InChI=1S/C16H22O12.C5H9O6.Na.H2O/c1-7(17)24-6-12(25-8(2)18)13(26-9(3)19)14(27-10(4)20)15(16(22)23)28-11(5)21;6-1-2(7)3(8)4(9)5(10)11;;/h12-15H,6H2,1-5H3,(H,22,23);2-5,7-11H;;1H2/q;-1;+1;/p-1/t12-,13-,14+,15-;2-,3+,4-;;/m10../s1. The number of carboxylic acids is 1. The third-order valence-electron chi connectivity index (χ3n) is 4.00. The average molecular weight is 611 g/mol. The minimum absolute atomic E-state index is 0. The quantitative estimate of drug-likeness (QED) is 0.0349. The molecule has 7 atom stereocenters. The topological polar surface area (TPSA) is 317 Å². The predicted octanol–water partition coefficient (Wildman–Crippen LogP) is -7.32. The van der Waals surface area contributed by atoms with Crippen LogP contribution in [0.5, 0.6) is 0 Å². The summed E-state index contributed by atoms with van der Waals surface area (Å²) in [5.74, 6) is -6.40. The molecule has 0 unspecified atom stereocenters. The molecule has 19 nitrogen and oxygen atoms in total. The zero-order chi connectivity index (χ0) is 31.0. The van der Waals surface area contributed by atoms with Crippen molar-refractivity contribution in [2.45, 2.75) is 83.6 Å².